The van der Waals surface area contributed by atoms with Gasteiger partial charge < -0.3 is 9.32 Å². The van der Waals surface area contributed by atoms with E-state index in [0.717, 1.165) is 41.8 Å². The van der Waals surface area contributed by atoms with Crippen molar-refractivity contribution in [3.63, 3.8) is 0 Å². The van der Waals surface area contributed by atoms with Crippen LogP contribution < -0.4 is 0 Å². The summed E-state index contributed by atoms with van der Waals surface area (Å²) >= 11 is 1.59. The van der Waals surface area contributed by atoms with Gasteiger partial charge in [0.15, 0.2) is 10.8 Å². The number of carbonyl (C=O) groups excluding carboxylic acids is 1. The molecule has 1 saturated heterocycles. The molecule has 3 aromatic heterocycles. The van der Waals surface area contributed by atoms with Crippen LogP contribution in [0.2, 0.25) is 0 Å². The lowest BCUT2D eigenvalue weighted by atomic mass is 10.1. The van der Waals surface area contributed by atoms with E-state index in [1.807, 2.05) is 41.3 Å². The van der Waals surface area contributed by atoms with Gasteiger partial charge in [-0.3, -0.25) is 9.69 Å². The van der Waals surface area contributed by atoms with Gasteiger partial charge in [-0.25, -0.2) is 9.67 Å². The van der Waals surface area contributed by atoms with Crippen molar-refractivity contribution in [2.75, 3.05) is 26.2 Å². The van der Waals surface area contributed by atoms with Crippen molar-refractivity contribution in [2.24, 2.45) is 0 Å². The quantitative estimate of drug-likeness (QED) is 0.488. The summed E-state index contributed by atoms with van der Waals surface area (Å²) in [5, 5.41) is 14.1. The van der Waals surface area contributed by atoms with E-state index < -0.39 is 0 Å². The second-order valence-corrected chi connectivity index (χ2v) is 7.85. The maximum absolute atomic E-state index is 12.8. The van der Waals surface area contributed by atoms with E-state index in [2.05, 4.69) is 30.8 Å². The monoisotopic (exact) mass is 421 g/mol. The third-order valence-electron chi connectivity index (χ3n) is 5.06. The number of benzene rings is 1. The van der Waals surface area contributed by atoms with E-state index in [1.165, 1.54) is 6.33 Å². The van der Waals surface area contributed by atoms with E-state index in [4.69, 9.17) is 4.42 Å². The second-order valence-electron chi connectivity index (χ2n) is 6.99. The Morgan fingerprint density at radius 1 is 1.10 bits per heavy atom. The van der Waals surface area contributed by atoms with Crippen molar-refractivity contribution in [3.05, 3.63) is 65.6 Å². The molecule has 4 aromatic rings. The molecular formula is C20H19N7O2S. The van der Waals surface area contributed by atoms with Crippen LogP contribution in [0.15, 0.2) is 58.8 Å². The van der Waals surface area contributed by atoms with Crippen molar-refractivity contribution < 1.29 is 9.21 Å². The number of tetrazole rings is 1. The molecule has 0 unspecified atom stereocenters. The summed E-state index contributed by atoms with van der Waals surface area (Å²) in [4.78, 5) is 21.7. The van der Waals surface area contributed by atoms with Crippen LogP contribution in [0.3, 0.4) is 0 Å². The Labute approximate surface area is 176 Å². The molecule has 9 nitrogen and oxygen atoms in total. The minimum absolute atomic E-state index is 0.0479. The maximum Gasteiger partial charge on any atom is 0.253 e. The third kappa shape index (κ3) is 3.87. The van der Waals surface area contributed by atoms with Gasteiger partial charge in [-0.2, -0.15) is 0 Å². The minimum Gasteiger partial charge on any atom is -0.462 e. The van der Waals surface area contributed by atoms with Crippen molar-refractivity contribution >= 4 is 17.2 Å². The summed E-state index contributed by atoms with van der Waals surface area (Å²) in [6, 6.07) is 11.1. The predicted octanol–water partition coefficient (Wildman–Crippen LogP) is 2.34. The SMILES string of the molecule is O=C(c1ccc(-n2cnnn2)cc1)N1CCN(Cc2csc(-c3ccco3)n2)CC1. The summed E-state index contributed by atoms with van der Waals surface area (Å²) in [6.45, 7) is 3.81. The topological polar surface area (TPSA) is 93.2 Å². The molecule has 0 N–H and O–H groups in total. The second kappa shape index (κ2) is 8.17. The highest BCUT2D eigenvalue weighted by molar-refractivity contribution is 7.13. The molecule has 0 saturated carbocycles. The molecule has 0 aliphatic carbocycles. The number of carbonyl (C=O) groups is 1. The molecule has 0 radical (unpaired) electrons. The van der Waals surface area contributed by atoms with Crippen LogP contribution in [0.1, 0.15) is 16.1 Å². The zero-order valence-electron chi connectivity index (χ0n) is 16.1. The summed E-state index contributed by atoms with van der Waals surface area (Å²) in [7, 11) is 0. The molecule has 4 heterocycles. The summed E-state index contributed by atoms with van der Waals surface area (Å²) in [6.07, 6.45) is 3.18. The molecule has 0 atom stereocenters. The number of aromatic nitrogens is 5. The average Bonchev–Trinajstić information content (AvgIpc) is 3.56. The summed E-state index contributed by atoms with van der Waals surface area (Å²) < 4.78 is 6.97. The standard InChI is InChI=1S/C20H19N7O2S/c28-20(15-3-5-17(6-4-15)27-14-21-23-24-27)26-9-7-25(8-10-26)12-16-13-30-19(22-16)18-2-1-11-29-18/h1-6,11,13-14H,7-10,12H2. The Morgan fingerprint density at radius 2 is 1.93 bits per heavy atom. The number of nitrogens with zero attached hydrogens (tertiary/aromatic N) is 7. The fraction of sp³-hybridized carbons (Fsp3) is 0.250. The normalized spacial score (nSPS) is 14.9. The van der Waals surface area contributed by atoms with Crippen molar-refractivity contribution in [2.45, 2.75) is 6.54 Å². The zero-order chi connectivity index (χ0) is 20.3. The van der Waals surface area contributed by atoms with Gasteiger partial charge in [0, 0.05) is 43.7 Å². The molecule has 5 rings (SSSR count). The van der Waals surface area contributed by atoms with Crippen LogP contribution in [0, 0.1) is 0 Å². The van der Waals surface area contributed by atoms with Gasteiger partial charge >= 0.3 is 0 Å². The van der Waals surface area contributed by atoms with Crippen molar-refractivity contribution in [3.8, 4) is 16.5 Å². The van der Waals surface area contributed by atoms with Gasteiger partial charge in [0.05, 0.1) is 17.6 Å². The number of furan rings is 1. The third-order valence-corrected chi connectivity index (χ3v) is 5.96. The Bertz CT molecular complexity index is 1100. The van der Waals surface area contributed by atoms with Crippen molar-refractivity contribution in [1.82, 2.24) is 35.0 Å². The molecule has 1 fully saturated rings. The lowest BCUT2D eigenvalue weighted by Gasteiger charge is -2.34. The van der Waals surface area contributed by atoms with Gasteiger partial charge in [-0.05, 0) is 46.8 Å². The fourth-order valence-corrected chi connectivity index (χ4v) is 4.23. The number of thiazole rings is 1. The Hall–Kier alpha value is -3.37. The van der Waals surface area contributed by atoms with Crippen LogP contribution >= 0.6 is 11.3 Å². The molecule has 30 heavy (non-hydrogen) atoms. The van der Waals surface area contributed by atoms with E-state index in [9.17, 15) is 4.79 Å². The molecule has 10 heteroatoms. The summed E-state index contributed by atoms with van der Waals surface area (Å²) in [5.74, 6) is 0.847. The van der Waals surface area contributed by atoms with E-state index in [1.54, 1.807) is 22.3 Å². The van der Waals surface area contributed by atoms with Gasteiger partial charge in [-0.15, -0.1) is 16.4 Å². The molecule has 1 amide bonds. The highest BCUT2D eigenvalue weighted by atomic mass is 32.1. The highest BCUT2D eigenvalue weighted by Gasteiger charge is 2.23. The molecule has 0 spiro atoms. The van der Waals surface area contributed by atoms with E-state index in [0.29, 0.717) is 18.7 Å². The highest BCUT2D eigenvalue weighted by Crippen LogP contribution is 2.24. The van der Waals surface area contributed by atoms with Gasteiger partial charge in [0.25, 0.3) is 5.91 Å². The number of rotatable bonds is 5. The maximum atomic E-state index is 12.8. The molecule has 1 aromatic carbocycles. The largest absolute Gasteiger partial charge is 0.462 e. The smallest absolute Gasteiger partial charge is 0.253 e. The molecule has 1 aliphatic rings. The summed E-state index contributed by atoms with van der Waals surface area (Å²) in [5.41, 5.74) is 2.52. The number of hydrogen-bond donors (Lipinski definition) is 0. The average molecular weight is 421 g/mol. The van der Waals surface area contributed by atoms with E-state index >= 15 is 0 Å². The first-order chi connectivity index (χ1) is 14.8. The number of hydrogen-bond acceptors (Lipinski definition) is 8. The number of amides is 1. The van der Waals surface area contributed by atoms with Crippen LogP contribution in [0.5, 0.6) is 0 Å². The van der Waals surface area contributed by atoms with Crippen LogP contribution in [-0.4, -0.2) is 67.1 Å². The molecular weight excluding hydrogens is 402 g/mol. The molecule has 0 bridgehead atoms. The van der Waals surface area contributed by atoms with E-state index in [-0.39, 0.29) is 5.91 Å². The first-order valence-corrected chi connectivity index (χ1v) is 10.5. The number of piperazine rings is 1. The molecule has 152 valence electrons. The Balaban J connectivity index is 1.16. The van der Waals surface area contributed by atoms with Crippen molar-refractivity contribution in [1.29, 1.82) is 0 Å². The Kier molecular flexibility index (Phi) is 5.08. The van der Waals surface area contributed by atoms with Crippen LogP contribution in [-0.2, 0) is 6.54 Å². The van der Waals surface area contributed by atoms with Gasteiger partial charge in [-0.1, -0.05) is 0 Å². The lowest BCUT2D eigenvalue weighted by molar-refractivity contribution is 0.0627. The first-order valence-electron chi connectivity index (χ1n) is 9.59. The van der Waals surface area contributed by atoms with Gasteiger partial charge in [0.2, 0.25) is 0 Å². The first kappa shape index (κ1) is 18.6. The fourth-order valence-electron chi connectivity index (χ4n) is 3.45. The predicted molar refractivity (Wildman–Crippen MR) is 110 cm³/mol. The van der Waals surface area contributed by atoms with Crippen LogP contribution in [0.25, 0.3) is 16.5 Å². The minimum atomic E-state index is 0.0479. The Morgan fingerprint density at radius 3 is 2.63 bits per heavy atom. The van der Waals surface area contributed by atoms with Gasteiger partial charge in [0.1, 0.15) is 6.33 Å². The molecule has 1 aliphatic heterocycles. The lowest BCUT2D eigenvalue weighted by Crippen LogP contribution is -2.48. The zero-order valence-corrected chi connectivity index (χ0v) is 16.9. The van der Waals surface area contributed by atoms with Crippen LogP contribution in [0.4, 0.5) is 0 Å².